The van der Waals surface area contributed by atoms with Gasteiger partial charge >= 0.3 is 0 Å². The normalized spacial score (nSPS) is 14.3. The van der Waals surface area contributed by atoms with Gasteiger partial charge in [-0.1, -0.05) is 56.8 Å². The molecule has 146 valence electrons. The van der Waals surface area contributed by atoms with Crippen molar-refractivity contribution in [3.8, 4) is 5.75 Å². The number of ether oxygens (including phenoxy) is 1. The van der Waals surface area contributed by atoms with Gasteiger partial charge in [0.1, 0.15) is 5.75 Å². The van der Waals surface area contributed by atoms with Gasteiger partial charge in [0.15, 0.2) is 0 Å². The lowest BCUT2D eigenvalue weighted by Gasteiger charge is -2.36. The molecule has 1 aliphatic heterocycles. The van der Waals surface area contributed by atoms with Gasteiger partial charge in [0.05, 0.1) is 5.76 Å². The summed E-state index contributed by atoms with van der Waals surface area (Å²) in [7, 11) is 0. The maximum atomic E-state index is 5.89. The number of benzene rings is 2. The second-order valence-corrected chi connectivity index (χ2v) is 6.67. The van der Waals surface area contributed by atoms with E-state index >= 15 is 0 Å². The smallest absolute Gasteiger partial charge is 0.129 e. The summed E-state index contributed by atoms with van der Waals surface area (Å²) >= 11 is 0. The molecule has 0 aliphatic carbocycles. The highest BCUT2D eigenvalue weighted by Crippen LogP contribution is 2.20. The first-order chi connectivity index (χ1) is 13.2. The van der Waals surface area contributed by atoms with Gasteiger partial charge in [0.25, 0.3) is 0 Å². The van der Waals surface area contributed by atoms with Gasteiger partial charge in [-0.05, 0) is 43.7 Å². The van der Waals surface area contributed by atoms with Crippen molar-refractivity contribution in [3.63, 3.8) is 0 Å². The molecule has 1 aliphatic rings. The maximum absolute atomic E-state index is 5.89. The first-order valence-electron chi connectivity index (χ1n) is 10.2. The molecule has 1 fully saturated rings. The summed E-state index contributed by atoms with van der Waals surface area (Å²) in [5.41, 5.74) is 2.49. The molecule has 2 aromatic rings. The lowest BCUT2D eigenvalue weighted by Crippen LogP contribution is -2.46. The number of hydrogen-bond donors (Lipinski definition) is 0. The second-order valence-electron chi connectivity index (χ2n) is 6.67. The van der Waals surface area contributed by atoms with E-state index in [0.717, 1.165) is 62.6 Å². The van der Waals surface area contributed by atoms with Gasteiger partial charge in [0, 0.05) is 38.3 Å². The van der Waals surface area contributed by atoms with Gasteiger partial charge in [-0.2, -0.15) is 0 Å². The summed E-state index contributed by atoms with van der Waals surface area (Å²) in [6.45, 7) is 15.7. The van der Waals surface area contributed by atoms with E-state index < -0.39 is 0 Å². The van der Waals surface area contributed by atoms with Crippen LogP contribution in [0.15, 0.2) is 66.9 Å². The fraction of sp³-hybridized carbons (Fsp3) is 0.417. The van der Waals surface area contributed by atoms with Crippen molar-refractivity contribution >= 4 is 5.69 Å². The Balaban J connectivity index is 0.00000126. The SMILES string of the molecule is C=C(CCCN1CCN(c2ccccc2)CC1)Oc1ccccc1C.CC. The highest BCUT2D eigenvalue weighted by atomic mass is 16.5. The van der Waals surface area contributed by atoms with Crippen molar-refractivity contribution in [2.24, 2.45) is 0 Å². The topological polar surface area (TPSA) is 15.7 Å². The number of anilines is 1. The van der Waals surface area contributed by atoms with Crippen LogP contribution in [-0.4, -0.2) is 37.6 Å². The number of para-hydroxylation sites is 2. The van der Waals surface area contributed by atoms with Gasteiger partial charge in [-0.25, -0.2) is 0 Å². The monoisotopic (exact) mass is 366 g/mol. The Morgan fingerprint density at radius 1 is 0.926 bits per heavy atom. The highest BCUT2D eigenvalue weighted by molar-refractivity contribution is 5.46. The van der Waals surface area contributed by atoms with Crippen LogP contribution in [-0.2, 0) is 0 Å². The van der Waals surface area contributed by atoms with Crippen LogP contribution in [0.5, 0.6) is 5.75 Å². The molecule has 1 heterocycles. The number of rotatable bonds is 7. The zero-order valence-corrected chi connectivity index (χ0v) is 17.2. The molecule has 27 heavy (non-hydrogen) atoms. The minimum Gasteiger partial charge on any atom is -0.462 e. The fourth-order valence-electron chi connectivity index (χ4n) is 3.25. The van der Waals surface area contributed by atoms with Crippen molar-refractivity contribution < 1.29 is 4.74 Å². The number of aryl methyl sites for hydroxylation is 1. The molecule has 0 spiro atoms. The molecule has 0 saturated carbocycles. The Morgan fingerprint density at radius 3 is 2.22 bits per heavy atom. The second kappa shape index (κ2) is 11.5. The van der Waals surface area contributed by atoms with E-state index in [1.165, 1.54) is 5.69 Å². The van der Waals surface area contributed by atoms with Crippen LogP contribution in [0, 0.1) is 6.92 Å². The Kier molecular flexibility index (Phi) is 8.93. The lowest BCUT2D eigenvalue weighted by molar-refractivity contribution is 0.250. The van der Waals surface area contributed by atoms with E-state index in [4.69, 9.17) is 4.74 Å². The molecule has 0 aromatic heterocycles. The molecule has 2 aromatic carbocycles. The first-order valence-corrected chi connectivity index (χ1v) is 10.2. The third kappa shape index (κ3) is 6.76. The number of piperazine rings is 1. The Morgan fingerprint density at radius 2 is 1.56 bits per heavy atom. The van der Waals surface area contributed by atoms with E-state index in [0.29, 0.717) is 0 Å². The molecule has 0 atom stereocenters. The average molecular weight is 367 g/mol. The van der Waals surface area contributed by atoms with Crippen LogP contribution >= 0.6 is 0 Å². The zero-order chi connectivity index (χ0) is 19.5. The van der Waals surface area contributed by atoms with Gasteiger partial charge in [0.2, 0.25) is 0 Å². The summed E-state index contributed by atoms with van der Waals surface area (Å²) in [5.74, 6) is 1.78. The Hall–Kier alpha value is -2.26. The van der Waals surface area contributed by atoms with E-state index in [2.05, 4.69) is 59.7 Å². The van der Waals surface area contributed by atoms with Crippen LogP contribution in [0.25, 0.3) is 0 Å². The van der Waals surface area contributed by atoms with E-state index in [9.17, 15) is 0 Å². The van der Waals surface area contributed by atoms with Crippen LogP contribution in [0.4, 0.5) is 5.69 Å². The third-order valence-electron chi connectivity index (χ3n) is 4.77. The molecule has 1 saturated heterocycles. The average Bonchev–Trinajstić information content (AvgIpc) is 2.72. The molecule has 0 amide bonds. The van der Waals surface area contributed by atoms with E-state index in [-0.39, 0.29) is 0 Å². The van der Waals surface area contributed by atoms with Crippen molar-refractivity contribution in [1.29, 1.82) is 0 Å². The summed E-state index contributed by atoms with van der Waals surface area (Å²) < 4.78 is 5.89. The van der Waals surface area contributed by atoms with Crippen LogP contribution in [0.1, 0.15) is 32.3 Å². The molecule has 0 radical (unpaired) electrons. The molecule has 0 N–H and O–H groups in total. The van der Waals surface area contributed by atoms with Crippen molar-refractivity contribution in [1.82, 2.24) is 4.90 Å². The Labute approximate surface area is 165 Å². The predicted octanol–water partition coefficient (Wildman–Crippen LogP) is 5.52. The number of nitrogens with zero attached hydrogens (tertiary/aromatic N) is 2. The van der Waals surface area contributed by atoms with Gasteiger partial charge in [-0.3, -0.25) is 4.90 Å². The van der Waals surface area contributed by atoms with E-state index in [1.54, 1.807) is 0 Å². The molecule has 0 unspecified atom stereocenters. The molecular formula is C24H34N2O. The summed E-state index contributed by atoms with van der Waals surface area (Å²) in [6.07, 6.45) is 2.00. The largest absolute Gasteiger partial charge is 0.462 e. The summed E-state index contributed by atoms with van der Waals surface area (Å²) in [5, 5.41) is 0. The van der Waals surface area contributed by atoms with Crippen LogP contribution < -0.4 is 9.64 Å². The number of hydrogen-bond acceptors (Lipinski definition) is 3. The number of allylic oxidation sites excluding steroid dienone is 1. The highest BCUT2D eigenvalue weighted by Gasteiger charge is 2.16. The quantitative estimate of drug-likeness (QED) is 0.600. The standard InChI is InChI=1S/C22H28N2O.C2H6/c1-19-9-6-7-13-22(19)25-20(2)10-8-14-23-15-17-24(18-16-23)21-11-4-3-5-12-21;1-2/h3-7,9,11-13H,2,8,10,14-18H2,1H3;1-2H3. The Bertz CT molecular complexity index is 676. The van der Waals surface area contributed by atoms with Crippen LogP contribution in [0.2, 0.25) is 0 Å². The predicted molar refractivity (Wildman–Crippen MR) is 117 cm³/mol. The first kappa shape index (κ1) is 21.0. The zero-order valence-electron chi connectivity index (χ0n) is 17.2. The van der Waals surface area contributed by atoms with E-state index in [1.807, 2.05) is 32.0 Å². The molecule has 0 bridgehead atoms. The van der Waals surface area contributed by atoms with Gasteiger partial charge in [-0.15, -0.1) is 0 Å². The molecule has 3 heteroatoms. The minimum absolute atomic E-state index is 0.859. The van der Waals surface area contributed by atoms with Gasteiger partial charge < -0.3 is 9.64 Å². The minimum atomic E-state index is 0.859. The van der Waals surface area contributed by atoms with Crippen molar-refractivity contribution in [2.75, 3.05) is 37.6 Å². The fourth-order valence-corrected chi connectivity index (χ4v) is 3.25. The summed E-state index contributed by atoms with van der Waals surface area (Å²) in [6, 6.07) is 18.8. The maximum Gasteiger partial charge on any atom is 0.129 e. The summed E-state index contributed by atoms with van der Waals surface area (Å²) in [4.78, 5) is 5.01. The molecule has 3 rings (SSSR count). The van der Waals surface area contributed by atoms with Crippen LogP contribution in [0.3, 0.4) is 0 Å². The molecule has 3 nitrogen and oxygen atoms in total. The van der Waals surface area contributed by atoms with Crippen molar-refractivity contribution in [2.45, 2.75) is 33.6 Å². The third-order valence-corrected chi connectivity index (χ3v) is 4.77. The molecular weight excluding hydrogens is 332 g/mol. The van der Waals surface area contributed by atoms with Crippen molar-refractivity contribution in [3.05, 3.63) is 72.5 Å². The lowest BCUT2D eigenvalue weighted by atomic mass is 10.2.